The van der Waals surface area contributed by atoms with Crippen LogP contribution in [0.2, 0.25) is 5.02 Å². The van der Waals surface area contributed by atoms with Crippen molar-refractivity contribution in [3.8, 4) is 5.75 Å². The van der Waals surface area contributed by atoms with Crippen molar-refractivity contribution in [2.24, 2.45) is 0 Å². The van der Waals surface area contributed by atoms with Gasteiger partial charge in [-0.15, -0.1) is 0 Å². The molecule has 0 spiro atoms. The van der Waals surface area contributed by atoms with Gasteiger partial charge in [0.25, 0.3) is 0 Å². The minimum absolute atomic E-state index is 0.0717. The number of hydrogen-bond donors (Lipinski definition) is 1. The van der Waals surface area contributed by atoms with Gasteiger partial charge in [-0.3, -0.25) is 0 Å². The summed E-state index contributed by atoms with van der Waals surface area (Å²) in [5.74, 6) is 0.719. The van der Waals surface area contributed by atoms with Gasteiger partial charge in [-0.1, -0.05) is 54.1 Å². The number of methoxy groups -OCH3 is 1. The second-order valence-corrected chi connectivity index (χ2v) is 8.88. The summed E-state index contributed by atoms with van der Waals surface area (Å²) in [6, 6.07) is 22.2. The van der Waals surface area contributed by atoms with E-state index in [0.29, 0.717) is 17.5 Å². The fraction of sp³-hybridized carbons (Fsp3) is 0.296. The topological polar surface area (TPSA) is 41.6 Å². The molecule has 1 N–H and O–H groups in total. The summed E-state index contributed by atoms with van der Waals surface area (Å²) in [5, 5.41) is 3.04. The lowest BCUT2D eigenvalue weighted by Crippen LogP contribution is -2.44. The maximum atomic E-state index is 14.3. The fourth-order valence-electron chi connectivity index (χ4n) is 4.52. The van der Waals surface area contributed by atoms with Crippen molar-refractivity contribution in [1.29, 1.82) is 0 Å². The van der Waals surface area contributed by atoms with Crippen molar-refractivity contribution < 1.29 is 13.9 Å². The third kappa shape index (κ3) is 5.85. The zero-order valence-corrected chi connectivity index (χ0v) is 19.4. The van der Waals surface area contributed by atoms with Crippen molar-refractivity contribution in [1.82, 2.24) is 4.90 Å². The summed E-state index contributed by atoms with van der Waals surface area (Å²) in [7, 11) is 1.63. The van der Waals surface area contributed by atoms with Gasteiger partial charge in [0.2, 0.25) is 0 Å². The third-order valence-corrected chi connectivity index (χ3v) is 6.59. The molecule has 0 radical (unpaired) electrons. The molecular formula is C27H28ClFN2O2. The van der Waals surface area contributed by atoms with Crippen LogP contribution < -0.4 is 10.1 Å². The Balaban J connectivity index is 1.51. The Morgan fingerprint density at radius 2 is 1.73 bits per heavy atom. The molecule has 1 fully saturated rings. The van der Waals surface area contributed by atoms with E-state index in [1.165, 1.54) is 17.7 Å². The van der Waals surface area contributed by atoms with Gasteiger partial charge in [-0.2, -0.15) is 0 Å². The van der Waals surface area contributed by atoms with Crippen LogP contribution in [0.1, 0.15) is 42.7 Å². The van der Waals surface area contributed by atoms with Crippen LogP contribution in [0.4, 0.5) is 14.9 Å². The summed E-state index contributed by atoms with van der Waals surface area (Å²) in [6.45, 7) is 0.436. The molecule has 1 saturated carbocycles. The van der Waals surface area contributed by atoms with Crippen molar-refractivity contribution in [2.75, 3.05) is 12.4 Å². The lowest BCUT2D eigenvalue weighted by molar-refractivity contribution is 0.158. The SMILES string of the molecule is COc1ccc(CN(C(=O)Nc2ccc(Cl)cc2F)C2CCC(c3ccccc3)CC2)cc1. The number of nitrogens with zero attached hydrogens (tertiary/aromatic N) is 1. The van der Waals surface area contributed by atoms with E-state index in [-0.39, 0.29) is 17.8 Å². The molecule has 0 bridgehead atoms. The van der Waals surface area contributed by atoms with E-state index in [9.17, 15) is 9.18 Å². The molecular weight excluding hydrogens is 439 g/mol. The molecule has 4 nitrogen and oxygen atoms in total. The minimum atomic E-state index is -0.548. The number of ether oxygens (including phenoxy) is 1. The molecule has 0 atom stereocenters. The maximum Gasteiger partial charge on any atom is 0.322 e. The summed E-state index contributed by atoms with van der Waals surface area (Å²) in [4.78, 5) is 15.1. The molecule has 2 amide bonds. The Bertz CT molecular complexity index is 1070. The molecule has 33 heavy (non-hydrogen) atoms. The number of carbonyl (C=O) groups is 1. The van der Waals surface area contributed by atoms with E-state index in [1.54, 1.807) is 13.2 Å². The smallest absolute Gasteiger partial charge is 0.322 e. The molecule has 0 unspecified atom stereocenters. The van der Waals surface area contributed by atoms with Crippen LogP contribution >= 0.6 is 11.6 Å². The van der Waals surface area contributed by atoms with Crippen LogP contribution in [0, 0.1) is 5.82 Å². The average molecular weight is 467 g/mol. The molecule has 0 aliphatic heterocycles. The van der Waals surface area contributed by atoms with Crippen LogP contribution in [0.3, 0.4) is 0 Å². The Kier molecular flexibility index (Phi) is 7.50. The van der Waals surface area contributed by atoms with Gasteiger partial charge in [-0.25, -0.2) is 9.18 Å². The van der Waals surface area contributed by atoms with Crippen molar-refractivity contribution in [3.63, 3.8) is 0 Å². The highest BCUT2D eigenvalue weighted by atomic mass is 35.5. The number of benzene rings is 3. The number of nitrogens with one attached hydrogen (secondary N) is 1. The van der Waals surface area contributed by atoms with Gasteiger partial charge in [0.15, 0.2) is 0 Å². The van der Waals surface area contributed by atoms with Gasteiger partial charge in [0, 0.05) is 17.6 Å². The van der Waals surface area contributed by atoms with Gasteiger partial charge >= 0.3 is 6.03 Å². The second-order valence-electron chi connectivity index (χ2n) is 8.45. The number of anilines is 1. The summed E-state index contributed by atoms with van der Waals surface area (Å²) in [5.41, 5.74) is 2.47. The monoisotopic (exact) mass is 466 g/mol. The molecule has 6 heteroatoms. The van der Waals surface area contributed by atoms with E-state index in [0.717, 1.165) is 37.0 Å². The highest BCUT2D eigenvalue weighted by molar-refractivity contribution is 6.30. The predicted molar refractivity (Wildman–Crippen MR) is 130 cm³/mol. The predicted octanol–water partition coefficient (Wildman–Crippen LogP) is 7.25. The van der Waals surface area contributed by atoms with Gasteiger partial charge < -0.3 is 15.0 Å². The largest absolute Gasteiger partial charge is 0.497 e. The lowest BCUT2D eigenvalue weighted by atomic mass is 9.81. The quantitative estimate of drug-likeness (QED) is 0.415. The molecule has 3 aromatic rings. The molecule has 0 aromatic heterocycles. The number of urea groups is 1. The Labute approximate surface area is 199 Å². The fourth-order valence-corrected chi connectivity index (χ4v) is 4.68. The molecule has 1 aliphatic carbocycles. The van der Waals surface area contributed by atoms with Crippen LogP contribution in [-0.2, 0) is 6.54 Å². The van der Waals surface area contributed by atoms with Gasteiger partial charge in [0.05, 0.1) is 12.8 Å². The molecule has 3 aromatic carbocycles. The number of carbonyl (C=O) groups excluding carboxylic acids is 1. The Morgan fingerprint density at radius 1 is 1.03 bits per heavy atom. The number of halogens is 2. The molecule has 0 saturated heterocycles. The summed E-state index contributed by atoms with van der Waals surface area (Å²) >= 11 is 5.86. The van der Waals surface area contributed by atoms with Crippen molar-refractivity contribution in [3.05, 3.63) is 94.8 Å². The van der Waals surface area contributed by atoms with Crippen LogP contribution in [0.15, 0.2) is 72.8 Å². The van der Waals surface area contributed by atoms with E-state index in [1.807, 2.05) is 35.2 Å². The first kappa shape index (κ1) is 23.1. The first-order chi connectivity index (χ1) is 16.0. The number of amides is 2. The average Bonchev–Trinajstić information content (AvgIpc) is 2.85. The Morgan fingerprint density at radius 3 is 2.36 bits per heavy atom. The summed E-state index contributed by atoms with van der Waals surface area (Å²) < 4.78 is 19.6. The first-order valence-electron chi connectivity index (χ1n) is 11.2. The first-order valence-corrected chi connectivity index (χ1v) is 11.6. The minimum Gasteiger partial charge on any atom is -0.497 e. The normalized spacial score (nSPS) is 17.9. The standard InChI is InChI=1S/C27H28ClFN2O2/c1-33-24-14-7-19(8-15-24)18-31(27(32)30-26-16-11-22(28)17-25(26)29)23-12-9-21(10-13-23)20-5-3-2-4-6-20/h2-8,11,14-17,21,23H,9-10,12-13,18H2,1H3,(H,30,32). The Hall–Kier alpha value is -3.05. The van der Waals surface area contributed by atoms with Crippen LogP contribution in [-0.4, -0.2) is 24.1 Å². The van der Waals surface area contributed by atoms with Gasteiger partial charge in [0.1, 0.15) is 11.6 Å². The van der Waals surface area contributed by atoms with Crippen LogP contribution in [0.25, 0.3) is 0 Å². The zero-order valence-electron chi connectivity index (χ0n) is 18.6. The zero-order chi connectivity index (χ0) is 23.2. The van der Waals surface area contributed by atoms with E-state index in [2.05, 4.69) is 29.6 Å². The van der Waals surface area contributed by atoms with Crippen molar-refractivity contribution in [2.45, 2.75) is 44.2 Å². The van der Waals surface area contributed by atoms with Crippen LogP contribution in [0.5, 0.6) is 5.75 Å². The number of hydrogen-bond acceptors (Lipinski definition) is 2. The van der Waals surface area contributed by atoms with E-state index < -0.39 is 5.82 Å². The molecule has 1 aliphatic rings. The highest BCUT2D eigenvalue weighted by Crippen LogP contribution is 2.35. The third-order valence-electron chi connectivity index (χ3n) is 6.35. The van der Waals surface area contributed by atoms with E-state index in [4.69, 9.17) is 16.3 Å². The summed E-state index contributed by atoms with van der Waals surface area (Å²) in [6.07, 6.45) is 3.81. The lowest BCUT2D eigenvalue weighted by Gasteiger charge is -2.37. The molecule has 172 valence electrons. The van der Waals surface area contributed by atoms with E-state index >= 15 is 0 Å². The number of rotatable bonds is 6. The maximum absolute atomic E-state index is 14.3. The second kappa shape index (κ2) is 10.7. The molecule has 4 rings (SSSR count). The highest BCUT2D eigenvalue weighted by Gasteiger charge is 2.30. The van der Waals surface area contributed by atoms with Gasteiger partial charge in [-0.05, 0) is 73.1 Å². The molecule has 0 heterocycles. The van der Waals surface area contributed by atoms with Crippen molar-refractivity contribution >= 4 is 23.3 Å².